The molecule has 0 bridgehead atoms. The average molecular weight is 391 g/mol. The van der Waals surface area contributed by atoms with E-state index in [2.05, 4.69) is 26.2 Å². The van der Waals surface area contributed by atoms with E-state index in [1.807, 2.05) is 37.3 Å². The Hall–Kier alpha value is -2.48. The van der Waals surface area contributed by atoms with Crippen LogP contribution in [0.4, 0.5) is 5.69 Å². The van der Waals surface area contributed by atoms with Gasteiger partial charge in [-0.15, -0.1) is 0 Å². The second kappa shape index (κ2) is 6.56. The SMILES string of the molecule is CC1CCC(=NN(Br)c2ccccc2)c2ncc(C(=O)O)c(=O)n21. The van der Waals surface area contributed by atoms with Gasteiger partial charge in [-0.3, -0.25) is 9.36 Å². The fraction of sp³-hybridized carbons (Fsp3) is 0.250. The molecule has 1 atom stereocenters. The maximum atomic E-state index is 12.4. The van der Waals surface area contributed by atoms with Gasteiger partial charge in [0.1, 0.15) is 11.3 Å². The summed E-state index contributed by atoms with van der Waals surface area (Å²) in [5.74, 6) is -0.866. The molecule has 1 aromatic carbocycles. The van der Waals surface area contributed by atoms with Gasteiger partial charge in [-0.1, -0.05) is 18.2 Å². The predicted molar refractivity (Wildman–Crippen MR) is 93.8 cm³/mol. The summed E-state index contributed by atoms with van der Waals surface area (Å²) < 4.78 is 2.96. The van der Waals surface area contributed by atoms with Crippen molar-refractivity contribution >= 4 is 33.5 Å². The molecule has 1 aliphatic heterocycles. The number of carboxylic acids is 1. The third-order valence-corrected chi connectivity index (χ3v) is 4.47. The first-order chi connectivity index (χ1) is 11.5. The van der Waals surface area contributed by atoms with Crippen molar-refractivity contribution in [2.45, 2.75) is 25.8 Å². The van der Waals surface area contributed by atoms with Crippen molar-refractivity contribution < 1.29 is 9.90 Å². The van der Waals surface area contributed by atoms with Crippen LogP contribution >= 0.6 is 16.1 Å². The van der Waals surface area contributed by atoms with Gasteiger partial charge in [0.25, 0.3) is 5.56 Å². The van der Waals surface area contributed by atoms with Gasteiger partial charge in [0, 0.05) is 12.2 Å². The van der Waals surface area contributed by atoms with Crippen LogP contribution in [0, 0.1) is 0 Å². The molecule has 1 unspecified atom stereocenters. The molecule has 0 spiro atoms. The van der Waals surface area contributed by atoms with Gasteiger partial charge in [-0.25, -0.2) is 9.78 Å². The predicted octanol–water partition coefficient (Wildman–Crippen LogP) is 2.82. The monoisotopic (exact) mass is 390 g/mol. The van der Waals surface area contributed by atoms with Gasteiger partial charge < -0.3 is 5.11 Å². The largest absolute Gasteiger partial charge is 0.477 e. The molecule has 124 valence electrons. The minimum Gasteiger partial charge on any atom is -0.477 e. The molecule has 3 rings (SSSR count). The number of hydrogen-bond acceptors (Lipinski definition) is 5. The van der Waals surface area contributed by atoms with Crippen LogP contribution in [0.2, 0.25) is 0 Å². The smallest absolute Gasteiger partial charge is 0.342 e. The number of fused-ring (bicyclic) bond motifs is 1. The van der Waals surface area contributed by atoms with E-state index in [0.717, 1.165) is 11.9 Å². The lowest BCUT2D eigenvalue weighted by Crippen LogP contribution is -2.37. The topological polar surface area (TPSA) is 87.8 Å². The number of benzene rings is 1. The third kappa shape index (κ3) is 2.96. The van der Waals surface area contributed by atoms with Crippen molar-refractivity contribution in [3.8, 4) is 0 Å². The second-order valence-electron chi connectivity index (χ2n) is 5.51. The summed E-state index contributed by atoms with van der Waals surface area (Å²) in [6.45, 7) is 1.87. The highest BCUT2D eigenvalue weighted by atomic mass is 79.9. The highest BCUT2D eigenvalue weighted by Crippen LogP contribution is 2.24. The van der Waals surface area contributed by atoms with Gasteiger partial charge in [-0.05, 0) is 31.9 Å². The molecule has 0 fully saturated rings. The molecule has 0 saturated carbocycles. The fourth-order valence-electron chi connectivity index (χ4n) is 2.63. The maximum absolute atomic E-state index is 12.4. The number of anilines is 1. The molecule has 8 heteroatoms. The zero-order valence-electron chi connectivity index (χ0n) is 12.9. The molecule has 7 nitrogen and oxygen atoms in total. The van der Waals surface area contributed by atoms with Crippen molar-refractivity contribution in [2.24, 2.45) is 5.10 Å². The summed E-state index contributed by atoms with van der Waals surface area (Å²) in [5, 5.41) is 13.6. The van der Waals surface area contributed by atoms with Crippen molar-refractivity contribution in [2.75, 3.05) is 4.03 Å². The van der Waals surface area contributed by atoms with Crippen LogP contribution in [0.1, 0.15) is 42.0 Å². The van der Waals surface area contributed by atoms with Crippen molar-refractivity contribution in [1.82, 2.24) is 9.55 Å². The maximum Gasteiger partial charge on any atom is 0.342 e. The van der Waals surface area contributed by atoms with E-state index in [0.29, 0.717) is 24.4 Å². The van der Waals surface area contributed by atoms with E-state index < -0.39 is 11.5 Å². The number of aromatic nitrogens is 2. The number of nitrogens with zero attached hydrogens (tertiary/aromatic N) is 4. The molecule has 0 amide bonds. The van der Waals surface area contributed by atoms with Gasteiger partial charge in [0.15, 0.2) is 5.82 Å². The zero-order chi connectivity index (χ0) is 17.3. The highest BCUT2D eigenvalue weighted by molar-refractivity contribution is 9.10. The Morgan fingerprint density at radius 1 is 1.42 bits per heavy atom. The van der Waals surface area contributed by atoms with E-state index in [9.17, 15) is 9.59 Å². The van der Waals surface area contributed by atoms with Gasteiger partial charge in [-0.2, -0.15) is 9.14 Å². The summed E-state index contributed by atoms with van der Waals surface area (Å²) in [7, 11) is 0. The first kappa shape index (κ1) is 16.4. The molecule has 1 N–H and O–H groups in total. The number of hydrazone groups is 1. The summed E-state index contributed by atoms with van der Waals surface area (Å²) >= 11 is 3.38. The van der Waals surface area contributed by atoms with Crippen LogP contribution in [-0.4, -0.2) is 26.3 Å². The Labute approximate surface area is 146 Å². The number of aromatic carboxylic acids is 1. The molecule has 2 aromatic rings. The number of rotatable bonds is 3. The lowest BCUT2D eigenvalue weighted by Gasteiger charge is -2.26. The Bertz CT molecular complexity index is 863. The number of halogens is 1. The fourth-order valence-corrected chi connectivity index (χ4v) is 3.06. The van der Waals surface area contributed by atoms with Crippen LogP contribution in [0.3, 0.4) is 0 Å². The third-order valence-electron chi connectivity index (χ3n) is 3.90. The van der Waals surface area contributed by atoms with E-state index in [1.165, 1.54) is 4.57 Å². The quantitative estimate of drug-likeness (QED) is 0.642. The van der Waals surface area contributed by atoms with Crippen molar-refractivity contribution in [1.29, 1.82) is 0 Å². The molecular weight excluding hydrogens is 376 g/mol. The Kier molecular flexibility index (Phi) is 4.48. The van der Waals surface area contributed by atoms with E-state index in [1.54, 1.807) is 4.03 Å². The highest BCUT2D eigenvalue weighted by Gasteiger charge is 2.27. The molecule has 0 radical (unpaired) electrons. The van der Waals surface area contributed by atoms with Crippen molar-refractivity contribution in [3.05, 3.63) is 58.3 Å². The molecule has 1 aliphatic rings. The summed E-state index contributed by atoms with van der Waals surface area (Å²) in [5.41, 5.74) is 0.585. The normalized spacial score (nSPS) is 18.2. The number of carbonyl (C=O) groups is 1. The summed E-state index contributed by atoms with van der Waals surface area (Å²) in [6, 6.07) is 9.34. The number of hydrogen-bond donors (Lipinski definition) is 1. The first-order valence-electron chi connectivity index (χ1n) is 7.42. The molecule has 24 heavy (non-hydrogen) atoms. The minimum absolute atomic E-state index is 0.126. The summed E-state index contributed by atoms with van der Waals surface area (Å²) in [4.78, 5) is 27.8. The van der Waals surface area contributed by atoms with Gasteiger partial charge in [0.05, 0.1) is 21.8 Å². The molecule has 2 heterocycles. The van der Waals surface area contributed by atoms with Crippen LogP contribution in [0.25, 0.3) is 0 Å². The van der Waals surface area contributed by atoms with E-state index in [4.69, 9.17) is 5.11 Å². The van der Waals surface area contributed by atoms with E-state index >= 15 is 0 Å². The molecule has 1 aromatic heterocycles. The molecule has 0 saturated heterocycles. The van der Waals surface area contributed by atoms with Gasteiger partial charge >= 0.3 is 5.97 Å². The second-order valence-corrected chi connectivity index (χ2v) is 6.18. The lowest BCUT2D eigenvalue weighted by atomic mass is 10.0. The molecule has 0 aliphatic carbocycles. The van der Waals surface area contributed by atoms with Crippen LogP contribution < -0.4 is 9.59 Å². The van der Waals surface area contributed by atoms with Crippen LogP contribution in [0.15, 0.2) is 46.4 Å². The van der Waals surface area contributed by atoms with Gasteiger partial charge in [0.2, 0.25) is 0 Å². The first-order valence-corrected chi connectivity index (χ1v) is 8.13. The Balaban J connectivity index is 2.07. The standard InChI is InChI=1S/C16H15BrN4O3/c1-10-7-8-13(19-21(17)11-5-3-2-4-6-11)14-18-9-12(16(23)24)15(22)20(10)14/h2-6,9-10H,7-8H2,1H3,(H,23,24). The van der Waals surface area contributed by atoms with Crippen LogP contribution in [0.5, 0.6) is 0 Å². The molecular formula is C16H15BrN4O3. The van der Waals surface area contributed by atoms with Crippen LogP contribution in [-0.2, 0) is 0 Å². The van der Waals surface area contributed by atoms with E-state index in [-0.39, 0.29) is 11.6 Å². The average Bonchev–Trinajstić information content (AvgIpc) is 2.57. The summed E-state index contributed by atoms with van der Waals surface area (Å²) in [6.07, 6.45) is 2.44. The lowest BCUT2D eigenvalue weighted by molar-refractivity contribution is 0.0693. The van der Waals surface area contributed by atoms with Crippen molar-refractivity contribution in [3.63, 3.8) is 0 Å². The zero-order valence-corrected chi connectivity index (χ0v) is 14.5. The Morgan fingerprint density at radius 2 is 2.12 bits per heavy atom. The minimum atomic E-state index is -1.27. The number of carboxylic acid groups (broad SMARTS) is 1. The Morgan fingerprint density at radius 3 is 2.79 bits per heavy atom. The number of para-hydroxylation sites is 1.